The van der Waals surface area contributed by atoms with Crippen LogP contribution in [0.4, 0.5) is 0 Å². The molecule has 1 heterocycles. The van der Waals surface area contributed by atoms with E-state index in [4.69, 9.17) is 4.74 Å². The fourth-order valence-electron chi connectivity index (χ4n) is 2.30. The molecule has 0 saturated heterocycles. The highest BCUT2D eigenvalue weighted by molar-refractivity contribution is 5.40. The van der Waals surface area contributed by atoms with Gasteiger partial charge in [0.15, 0.2) is 0 Å². The number of rotatable bonds is 4. The van der Waals surface area contributed by atoms with Gasteiger partial charge in [-0.1, -0.05) is 19.1 Å². The fourth-order valence-corrected chi connectivity index (χ4v) is 2.30. The Balaban J connectivity index is 2.09. The average Bonchev–Trinajstić information content (AvgIpc) is 2.75. The van der Waals surface area contributed by atoms with E-state index in [1.165, 1.54) is 17.5 Å². The lowest BCUT2D eigenvalue weighted by molar-refractivity contribution is 0.357. The summed E-state index contributed by atoms with van der Waals surface area (Å²) in [5.41, 5.74) is 2.81. The van der Waals surface area contributed by atoms with Gasteiger partial charge in [0.1, 0.15) is 5.75 Å². The summed E-state index contributed by atoms with van der Waals surface area (Å²) < 4.78 is 5.52. The third-order valence-electron chi connectivity index (χ3n) is 3.48. The molecule has 2 heteroatoms. The molecular weight excluding hydrogens is 198 g/mol. The summed E-state index contributed by atoms with van der Waals surface area (Å²) in [5.74, 6) is 1.69. The van der Waals surface area contributed by atoms with Gasteiger partial charge in [0.25, 0.3) is 0 Å². The van der Waals surface area contributed by atoms with Gasteiger partial charge < -0.3 is 10.1 Å². The van der Waals surface area contributed by atoms with Gasteiger partial charge in [-0.3, -0.25) is 0 Å². The highest BCUT2D eigenvalue weighted by atomic mass is 16.5. The van der Waals surface area contributed by atoms with E-state index in [-0.39, 0.29) is 0 Å². The highest BCUT2D eigenvalue weighted by Crippen LogP contribution is 2.30. The Hall–Kier alpha value is -1.02. The molecule has 0 radical (unpaired) electrons. The zero-order valence-corrected chi connectivity index (χ0v) is 10.4. The number of hydrogen-bond donors (Lipinski definition) is 1. The second-order valence-electron chi connectivity index (χ2n) is 4.79. The maximum absolute atomic E-state index is 5.52. The van der Waals surface area contributed by atoms with Crippen LogP contribution in [0.15, 0.2) is 18.2 Å². The van der Waals surface area contributed by atoms with Crippen molar-refractivity contribution in [2.45, 2.75) is 38.6 Å². The van der Waals surface area contributed by atoms with Crippen molar-refractivity contribution in [1.29, 1.82) is 0 Å². The lowest BCUT2D eigenvalue weighted by Crippen LogP contribution is -2.22. The number of benzene rings is 1. The zero-order chi connectivity index (χ0) is 11.5. The molecule has 1 aliphatic heterocycles. The summed E-state index contributed by atoms with van der Waals surface area (Å²) in [6, 6.07) is 7.21. The first-order valence-electron chi connectivity index (χ1n) is 6.13. The Labute approximate surface area is 98.0 Å². The maximum Gasteiger partial charge on any atom is 0.122 e. The first-order valence-corrected chi connectivity index (χ1v) is 6.13. The van der Waals surface area contributed by atoms with E-state index in [9.17, 15) is 0 Å². The third-order valence-corrected chi connectivity index (χ3v) is 3.48. The Morgan fingerprint density at radius 2 is 2.19 bits per heavy atom. The topological polar surface area (TPSA) is 21.3 Å². The van der Waals surface area contributed by atoms with Crippen molar-refractivity contribution in [3.63, 3.8) is 0 Å². The van der Waals surface area contributed by atoms with Gasteiger partial charge in [-0.05, 0) is 43.5 Å². The average molecular weight is 219 g/mol. The number of ether oxygens (including phenoxy) is 1. The minimum absolute atomic E-state index is 0.569. The normalized spacial score (nSPS) is 17.7. The molecule has 0 aromatic heterocycles. The molecule has 1 aliphatic rings. The number of hydrogen-bond acceptors (Lipinski definition) is 2. The molecule has 2 rings (SSSR count). The van der Waals surface area contributed by atoms with Crippen LogP contribution in [0.25, 0.3) is 0 Å². The Morgan fingerprint density at radius 1 is 1.38 bits per heavy atom. The lowest BCUT2D eigenvalue weighted by atomic mass is 9.93. The smallest absolute Gasteiger partial charge is 0.122 e. The molecule has 0 spiro atoms. The molecule has 0 bridgehead atoms. The molecule has 1 N–H and O–H groups in total. The van der Waals surface area contributed by atoms with Gasteiger partial charge in [0.05, 0.1) is 6.61 Å². The van der Waals surface area contributed by atoms with Crippen molar-refractivity contribution < 1.29 is 4.74 Å². The van der Waals surface area contributed by atoms with Gasteiger partial charge in [-0.25, -0.2) is 0 Å². The molecular formula is C14H21NO. The lowest BCUT2D eigenvalue weighted by Gasteiger charge is -2.17. The Morgan fingerprint density at radius 3 is 2.94 bits per heavy atom. The maximum atomic E-state index is 5.52. The van der Waals surface area contributed by atoms with Crippen LogP contribution in [0, 0.1) is 0 Å². The predicted octanol–water partition coefficient (Wildman–Crippen LogP) is 2.72. The van der Waals surface area contributed by atoms with E-state index in [0.29, 0.717) is 12.0 Å². The van der Waals surface area contributed by atoms with Crippen LogP contribution in [-0.4, -0.2) is 19.7 Å². The minimum Gasteiger partial charge on any atom is -0.493 e. The SMILES string of the molecule is CNC(C)CC(C)c1ccc2c(c1)CCO2. The van der Waals surface area contributed by atoms with Crippen molar-refractivity contribution in [2.24, 2.45) is 0 Å². The van der Waals surface area contributed by atoms with Crippen molar-refractivity contribution in [3.8, 4) is 5.75 Å². The molecule has 0 aliphatic carbocycles. The van der Waals surface area contributed by atoms with E-state index >= 15 is 0 Å². The van der Waals surface area contributed by atoms with Gasteiger partial charge in [-0.15, -0.1) is 0 Å². The molecule has 2 unspecified atom stereocenters. The van der Waals surface area contributed by atoms with Gasteiger partial charge in [0, 0.05) is 12.5 Å². The number of nitrogens with one attached hydrogen (secondary N) is 1. The van der Waals surface area contributed by atoms with Gasteiger partial charge in [0.2, 0.25) is 0 Å². The van der Waals surface area contributed by atoms with Crippen molar-refractivity contribution in [3.05, 3.63) is 29.3 Å². The quantitative estimate of drug-likeness (QED) is 0.840. The largest absolute Gasteiger partial charge is 0.493 e. The van der Waals surface area contributed by atoms with Crippen molar-refractivity contribution in [1.82, 2.24) is 5.32 Å². The molecule has 2 atom stereocenters. The molecule has 1 aromatic rings. The van der Waals surface area contributed by atoms with Crippen molar-refractivity contribution >= 4 is 0 Å². The molecule has 1 aromatic carbocycles. The van der Waals surface area contributed by atoms with Crippen LogP contribution in [0.2, 0.25) is 0 Å². The standard InChI is InChI=1S/C14H21NO/c1-10(8-11(2)15-3)12-4-5-14-13(9-12)6-7-16-14/h4-5,9-11,15H,6-8H2,1-3H3. The van der Waals surface area contributed by atoms with E-state index in [1.54, 1.807) is 0 Å². The third kappa shape index (κ3) is 2.38. The molecule has 0 fully saturated rings. The van der Waals surface area contributed by atoms with Crippen LogP contribution >= 0.6 is 0 Å². The van der Waals surface area contributed by atoms with Gasteiger partial charge in [-0.2, -0.15) is 0 Å². The first kappa shape index (κ1) is 11.5. The second kappa shape index (κ2) is 4.88. The van der Waals surface area contributed by atoms with Crippen LogP contribution in [-0.2, 0) is 6.42 Å². The van der Waals surface area contributed by atoms with Crippen LogP contribution in [0.3, 0.4) is 0 Å². The van der Waals surface area contributed by atoms with Crippen LogP contribution < -0.4 is 10.1 Å². The summed E-state index contributed by atoms with van der Waals surface area (Å²) in [6.45, 7) is 5.37. The fraction of sp³-hybridized carbons (Fsp3) is 0.571. The molecule has 2 nitrogen and oxygen atoms in total. The summed E-state index contributed by atoms with van der Waals surface area (Å²) in [5, 5.41) is 3.29. The van der Waals surface area contributed by atoms with E-state index < -0.39 is 0 Å². The molecule has 0 amide bonds. The monoisotopic (exact) mass is 219 g/mol. The Kier molecular flexibility index (Phi) is 3.49. The van der Waals surface area contributed by atoms with Crippen LogP contribution in [0.1, 0.15) is 37.3 Å². The van der Waals surface area contributed by atoms with Crippen LogP contribution in [0.5, 0.6) is 5.75 Å². The highest BCUT2D eigenvalue weighted by Gasteiger charge is 2.15. The molecule has 88 valence electrons. The van der Waals surface area contributed by atoms with E-state index in [2.05, 4.69) is 37.4 Å². The second-order valence-corrected chi connectivity index (χ2v) is 4.79. The number of fused-ring (bicyclic) bond motifs is 1. The summed E-state index contributed by atoms with van der Waals surface area (Å²) >= 11 is 0. The molecule has 16 heavy (non-hydrogen) atoms. The summed E-state index contributed by atoms with van der Waals surface area (Å²) in [4.78, 5) is 0. The minimum atomic E-state index is 0.569. The summed E-state index contributed by atoms with van der Waals surface area (Å²) in [7, 11) is 2.02. The summed E-state index contributed by atoms with van der Waals surface area (Å²) in [6.07, 6.45) is 2.24. The van der Waals surface area contributed by atoms with E-state index in [1.807, 2.05) is 7.05 Å². The Bertz CT molecular complexity index is 362. The molecule has 0 saturated carbocycles. The predicted molar refractivity (Wildman–Crippen MR) is 67.2 cm³/mol. The van der Waals surface area contributed by atoms with Gasteiger partial charge >= 0.3 is 0 Å². The zero-order valence-electron chi connectivity index (χ0n) is 10.4. The van der Waals surface area contributed by atoms with Crippen molar-refractivity contribution in [2.75, 3.05) is 13.7 Å². The van der Waals surface area contributed by atoms with E-state index in [0.717, 1.165) is 18.8 Å². The first-order chi connectivity index (χ1) is 7.70.